The lowest BCUT2D eigenvalue weighted by atomic mass is 10.0. The van der Waals surface area contributed by atoms with E-state index in [0.29, 0.717) is 45.5 Å². The van der Waals surface area contributed by atoms with E-state index in [9.17, 15) is 13.2 Å². The number of anilines is 1. The van der Waals surface area contributed by atoms with Crippen LogP contribution in [0, 0.1) is 20.8 Å². The van der Waals surface area contributed by atoms with E-state index in [1.54, 1.807) is 32.0 Å². The Morgan fingerprint density at radius 3 is 2.36 bits per heavy atom. The van der Waals surface area contributed by atoms with Crippen LogP contribution in [-0.4, -0.2) is 21.0 Å². The summed E-state index contributed by atoms with van der Waals surface area (Å²) in [6, 6.07) is 14.3. The number of benzene rings is 3. The van der Waals surface area contributed by atoms with E-state index in [4.69, 9.17) is 9.15 Å². The second-order valence-electron chi connectivity index (χ2n) is 9.30. The Kier molecular flexibility index (Phi) is 7.69. The summed E-state index contributed by atoms with van der Waals surface area (Å²) < 4.78 is 41.1. The van der Waals surface area contributed by atoms with Crippen molar-refractivity contribution >= 4 is 43.4 Å². The molecule has 0 saturated carbocycles. The first-order valence-corrected chi connectivity index (χ1v) is 13.9. The third-order valence-corrected chi connectivity index (χ3v) is 7.95. The molecule has 1 N–H and O–H groups in total. The zero-order valence-electron chi connectivity index (χ0n) is 21.3. The Balaban J connectivity index is 1.72. The third kappa shape index (κ3) is 5.26. The van der Waals surface area contributed by atoms with E-state index in [1.165, 1.54) is 6.42 Å². The smallest absolute Gasteiger partial charge is 0.342 e. The zero-order valence-corrected chi connectivity index (χ0v) is 22.1. The molecule has 6 nitrogen and oxygen atoms in total. The average molecular weight is 508 g/mol. The second kappa shape index (κ2) is 10.7. The van der Waals surface area contributed by atoms with E-state index in [0.717, 1.165) is 36.6 Å². The number of carbonyl (C=O) groups excluding carboxylic acids is 1. The number of furan rings is 1. The predicted molar refractivity (Wildman–Crippen MR) is 144 cm³/mol. The molecule has 0 atom stereocenters. The minimum atomic E-state index is -3.87. The molecule has 0 amide bonds. The Morgan fingerprint density at radius 1 is 0.917 bits per heavy atom. The van der Waals surface area contributed by atoms with Crippen LogP contribution in [0.15, 0.2) is 57.8 Å². The summed E-state index contributed by atoms with van der Waals surface area (Å²) >= 11 is 0. The van der Waals surface area contributed by atoms with Crippen LogP contribution in [-0.2, 0) is 14.8 Å². The fourth-order valence-corrected chi connectivity index (χ4v) is 5.92. The van der Waals surface area contributed by atoms with Gasteiger partial charge in [0.05, 0.1) is 17.2 Å². The van der Waals surface area contributed by atoms with Crippen molar-refractivity contribution in [2.24, 2.45) is 0 Å². The van der Waals surface area contributed by atoms with E-state index < -0.39 is 16.0 Å². The monoisotopic (exact) mass is 507 g/mol. The minimum Gasteiger partial charge on any atom is -0.462 e. The van der Waals surface area contributed by atoms with E-state index >= 15 is 0 Å². The molecule has 3 aromatic carbocycles. The predicted octanol–water partition coefficient (Wildman–Crippen LogP) is 7.44. The molecule has 0 saturated heterocycles. The van der Waals surface area contributed by atoms with E-state index in [1.807, 2.05) is 37.3 Å². The number of ether oxygens (including phenoxy) is 1. The first-order chi connectivity index (χ1) is 17.2. The van der Waals surface area contributed by atoms with Crippen LogP contribution in [0.3, 0.4) is 0 Å². The topological polar surface area (TPSA) is 85.6 Å². The van der Waals surface area contributed by atoms with Crippen molar-refractivity contribution < 1.29 is 22.4 Å². The summed E-state index contributed by atoms with van der Waals surface area (Å²) in [6.45, 7) is 7.93. The van der Waals surface area contributed by atoms with Gasteiger partial charge >= 0.3 is 5.97 Å². The number of fused-ring (bicyclic) bond motifs is 3. The molecule has 1 aromatic heterocycles. The van der Waals surface area contributed by atoms with Gasteiger partial charge in [0.25, 0.3) is 10.0 Å². The van der Waals surface area contributed by atoms with Gasteiger partial charge in [-0.25, -0.2) is 13.2 Å². The van der Waals surface area contributed by atoms with Crippen molar-refractivity contribution in [3.05, 3.63) is 71.0 Å². The van der Waals surface area contributed by atoms with Gasteiger partial charge in [0.2, 0.25) is 0 Å². The number of hydrogen-bond acceptors (Lipinski definition) is 5. The Hall–Kier alpha value is -3.32. The molecule has 0 aliphatic heterocycles. The van der Waals surface area contributed by atoms with Gasteiger partial charge in [-0.2, -0.15) is 0 Å². The molecule has 190 valence electrons. The van der Waals surface area contributed by atoms with Gasteiger partial charge in [-0.15, -0.1) is 0 Å². The Labute approximate surface area is 212 Å². The number of unbranched alkanes of at least 4 members (excludes halogenated alkanes) is 4. The highest BCUT2D eigenvalue weighted by molar-refractivity contribution is 7.92. The van der Waals surface area contributed by atoms with E-state index in [2.05, 4.69) is 11.6 Å². The first-order valence-electron chi connectivity index (χ1n) is 12.4. The Bertz CT molecular complexity index is 1520. The molecule has 0 fully saturated rings. The van der Waals surface area contributed by atoms with Crippen LogP contribution in [0.25, 0.3) is 21.7 Å². The van der Waals surface area contributed by atoms with Gasteiger partial charge < -0.3 is 9.15 Å². The van der Waals surface area contributed by atoms with Gasteiger partial charge in [-0.1, -0.05) is 74.6 Å². The maximum atomic E-state index is 13.4. The number of carbonyl (C=O) groups is 1. The fourth-order valence-electron chi connectivity index (χ4n) is 4.62. The average Bonchev–Trinajstić information content (AvgIpc) is 3.16. The Morgan fingerprint density at radius 2 is 1.64 bits per heavy atom. The van der Waals surface area contributed by atoms with Gasteiger partial charge in [-0.3, -0.25) is 4.72 Å². The molecule has 4 aromatic rings. The molecule has 0 bridgehead atoms. The van der Waals surface area contributed by atoms with Crippen molar-refractivity contribution in [2.45, 2.75) is 64.7 Å². The summed E-state index contributed by atoms with van der Waals surface area (Å²) in [5.41, 5.74) is 2.90. The summed E-state index contributed by atoms with van der Waals surface area (Å²) in [4.78, 5) is 13.3. The van der Waals surface area contributed by atoms with Crippen molar-refractivity contribution in [3.63, 3.8) is 0 Å². The number of hydrogen-bond donors (Lipinski definition) is 1. The van der Waals surface area contributed by atoms with Gasteiger partial charge in [0, 0.05) is 16.2 Å². The van der Waals surface area contributed by atoms with Crippen LogP contribution in [0.1, 0.15) is 66.3 Å². The van der Waals surface area contributed by atoms with Crippen LogP contribution < -0.4 is 4.72 Å². The third-order valence-electron chi connectivity index (χ3n) is 6.42. The molecule has 0 aliphatic rings. The van der Waals surface area contributed by atoms with Crippen molar-refractivity contribution in [1.29, 1.82) is 0 Å². The van der Waals surface area contributed by atoms with Crippen LogP contribution in [0.2, 0.25) is 0 Å². The lowest BCUT2D eigenvalue weighted by Crippen LogP contribution is -2.14. The number of esters is 1. The summed E-state index contributed by atoms with van der Waals surface area (Å²) in [6.07, 6.45) is 5.28. The maximum Gasteiger partial charge on any atom is 0.342 e. The molecule has 0 radical (unpaired) electrons. The molecular weight excluding hydrogens is 474 g/mol. The molecule has 0 unspecified atom stereocenters. The lowest BCUT2D eigenvalue weighted by Gasteiger charge is -2.13. The molecule has 4 rings (SSSR count). The number of rotatable bonds is 10. The second-order valence-corrected chi connectivity index (χ2v) is 11.0. The molecule has 0 spiro atoms. The molecule has 1 heterocycles. The van der Waals surface area contributed by atoms with Crippen molar-refractivity contribution in [3.8, 4) is 0 Å². The number of sulfonamides is 1. The highest BCUT2D eigenvalue weighted by Gasteiger charge is 2.24. The van der Waals surface area contributed by atoms with Crippen LogP contribution in [0.4, 0.5) is 5.69 Å². The highest BCUT2D eigenvalue weighted by Crippen LogP contribution is 2.38. The van der Waals surface area contributed by atoms with Gasteiger partial charge in [0.1, 0.15) is 16.9 Å². The lowest BCUT2D eigenvalue weighted by molar-refractivity contribution is 0.0497. The minimum absolute atomic E-state index is 0.211. The maximum absolute atomic E-state index is 13.4. The van der Waals surface area contributed by atoms with Crippen molar-refractivity contribution in [2.75, 3.05) is 11.3 Å². The molecule has 7 heteroatoms. The van der Waals surface area contributed by atoms with Crippen molar-refractivity contribution in [1.82, 2.24) is 0 Å². The summed E-state index contributed by atoms with van der Waals surface area (Å²) in [7, 11) is -3.87. The zero-order chi connectivity index (χ0) is 25.9. The van der Waals surface area contributed by atoms with Gasteiger partial charge in [0.15, 0.2) is 0 Å². The summed E-state index contributed by atoms with van der Waals surface area (Å²) in [5.74, 6) is -0.0132. The van der Waals surface area contributed by atoms with Crippen LogP contribution in [0.5, 0.6) is 0 Å². The highest BCUT2D eigenvalue weighted by atomic mass is 32.2. The SMILES string of the molecule is CCCCCCCOC(=O)c1c(C)oc2c1cc(NS(=O)(=O)c1ccc(C)cc1C)c1ccccc12. The molecule has 36 heavy (non-hydrogen) atoms. The molecule has 0 aliphatic carbocycles. The number of nitrogens with one attached hydrogen (secondary N) is 1. The quantitative estimate of drug-likeness (QED) is 0.178. The number of aryl methyl sites for hydroxylation is 3. The van der Waals surface area contributed by atoms with E-state index in [-0.39, 0.29) is 4.90 Å². The first kappa shape index (κ1) is 25.8. The van der Waals surface area contributed by atoms with Gasteiger partial charge in [-0.05, 0) is 44.9 Å². The largest absolute Gasteiger partial charge is 0.462 e. The molecular formula is C29H33NO5S. The summed E-state index contributed by atoms with van der Waals surface area (Å²) in [5, 5.41) is 1.93. The fraction of sp³-hybridized carbons (Fsp3) is 0.345. The van der Waals surface area contributed by atoms with Crippen LogP contribution >= 0.6 is 0 Å². The standard InChI is InChI=1S/C29H33NO5S/c1-5-6-7-8-11-16-34-29(31)27-21(4)35-28-23-13-10-9-12-22(23)25(18-24(27)28)30-36(32,33)26-15-14-19(2)17-20(26)3/h9-10,12-15,17-18,30H,5-8,11,16H2,1-4H3. The normalized spacial score (nSPS) is 11.8.